The second kappa shape index (κ2) is 5.54. The molecule has 0 radical (unpaired) electrons. The fourth-order valence-corrected chi connectivity index (χ4v) is 2.67. The summed E-state index contributed by atoms with van der Waals surface area (Å²) in [6, 6.07) is 7.02. The van der Waals surface area contributed by atoms with Crippen molar-refractivity contribution in [3.8, 4) is 0 Å². The number of hydrogen-bond donors (Lipinski definition) is 2. The summed E-state index contributed by atoms with van der Waals surface area (Å²) in [5.41, 5.74) is 1.06. The van der Waals surface area contributed by atoms with Crippen LogP contribution in [0.4, 0.5) is 0 Å². The third-order valence-electron chi connectivity index (χ3n) is 4.38. The van der Waals surface area contributed by atoms with E-state index in [1.807, 2.05) is 43.0 Å². The second-order valence-electron chi connectivity index (χ2n) is 6.17. The monoisotopic (exact) mass is 277 g/mol. The van der Waals surface area contributed by atoms with E-state index in [1.54, 1.807) is 6.92 Å². The van der Waals surface area contributed by atoms with Crippen LogP contribution in [-0.2, 0) is 11.2 Å². The smallest absolute Gasteiger partial charge is 0.325 e. The van der Waals surface area contributed by atoms with Crippen LogP contribution in [0.1, 0.15) is 37.9 Å². The number of carboxylic acids is 1. The van der Waals surface area contributed by atoms with E-state index >= 15 is 0 Å². The summed E-state index contributed by atoms with van der Waals surface area (Å²) in [7, 11) is 0. The SMILES string of the molecule is CC(C)C(C)(O)CN1CCc2ccccc2C1C(=O)O. The van der Waals surface area contributed by atoms with Gasteiger partial charge in [-0.2, -0.15) is 0 Å². The van der Waals surface area contributed by atoms with Crippen molar-refractivity contribution in [2.24, 2.45) is 5.92 Å². The zero-order valence-corrected chi connectivity index (χ0v) is 12.3. The Hall–Kier alpha value is -1.39. The molecule has 1 aliphatic heterocycles. The van der Waals surface area contributed by atoms with Crippen molar-refractivity contribution < 1.29 is 15.0 Å². The number of aliphatic carboxylic acids is 1. The van der Waals surface area contributed by atoms with Crippen molar-refractivity contribution in [3.63, 3.8) is 0 Å². The summed E-state index contributed by atoms with van der Waals surface area (Å²) in [6.45, 7) is 6.71. The molecule has 1 aromatic carbocycles. The quantitative estimate of drug-likeness (QED) is 0.884. The summed E-state index contributed by atoms with van der Waals surface area (Å²) in [5, 5.41) is 20.0. The van der Waals surface area contributed by atoms with E-state index in [1.165, 1.54) is 0 Å². The first-order valence-electron chi connectivity index (χ1n) is 7.10. The van der Waals surface area contributed by atoms with Gasteiger partial charge in [0.1, 0.15) is 6.04 Å². The minimum atomic E-state index is -0.889. The number of aliphatic hydroxyl groups is 1. The molecule has 0 spiro atoms. The van der Waals surface area contributed by atoms with Gasteiger partial charge >= 0.3 is 5.97 Å². The molecule has 20 heavy (non-hydrogen) atoms. The van der Waals surface area contributed by atoms with Gasteiger partial charge in [-0.1, -0.05) is 38.1 Å². The molecule has 0 bridgehead atoms. The standard InChI is InChI=1S/C16H23NO3/c1-11(2)16(3,20)10-17-9-8-12-6-4-5-7-13(12)14(17)15(18)19/h4-7,11,14,20H,8-10H2,1-3H3,(H,18,19). The molecule has 0 saturated heterocycles. The molecule has 0 amide bonds. The third kappa shape index (κ3) is 2.86. The van der Waals surface area contributed by atoms with Gasteiger partial charge in [0.2, 0.25) is 0 Å². The molecular formula is C16H23NO3. The van der Waals surface area contributed by atoms with Gasteiger partial charge in [0, 0.05) is 13.1 Å². The van der Waals surface area contributed by atoms with Crippen molar-refractivity contribution in [3.05, 3.63) is 35.4 Å². The van der Waals surface area contributed by atoms with Crippen LogP contribution in [0.15, 0.2) is 24.3 Å². The lowest BCUT2D eigenvalue weighted by Gasteiger charge is -2.40. The van der Waals surface area contributed by atoms with Gasteiger partial charge in [0.05, 0.1) is 5.60 Å². The largest absolute Gasteiger partial charge is 0.480 e. The summed E-state index contributed by atoms with van der Waals surface area (Å²) >= 11 is 0. The van der Waals surface area contributed by atoms with Crippen LogP contribution in [0.3, 0.4) is 0 Å². The van der Waals surface area contributed by atoms with E-state index in [9.17, 15) is 15.0 Å². The second-order valence-corrected chi connectivity index (χ2v) is 6.17. The number of rotatable bonds is 4. The number of carbonyl (C=O) groups is 1. The van der Waals surface area contributed by atoms with Gasteiger partial charge in [-0.15, -0.1) is 0 Å². The van der Waals surface area contributed by atoms with Crippen molar-refractivity contribution in [2.75, 3.05) is 13.1 Å². The van der Waals surface area contributed by atoms with Crippen LogP contribution in [0.25, 0.3) is 0 Å². The molecule has 0 aliphatic carbocycles. The van der Waals surface area contributed by atoms with Gasteiger partial charge in [-0.3, -0.25) is 9.69 Å². The average Bonchev–Trinajstić information content (AvgIpc) is 2.37. The topological polar surface area (TPSA) is 60.8 Å². The Morgan fingerprint density at radius 3 is 2.70 bits per heavy atom. The number of benzene rings is 1. The Bertz CT molecular complexity index is 496. The maximum Gasteiger partial charge on any atom is 0.325 e. The fraction of sp³-hybridized carbons (Fsp3) is 0.562. The summed E-state index contributed by atoms with van der Waals surface area (Å²) < 4.78 is 0. The summed E-state index contributed by atoms with van der Waals surface area (Å²) in [5.74, 6) is -0.772. The molecule has 1 aliphatic rings. The maximum atomic E-state index is 11.7. The first kappa shape index (κ1) is 15.0. The van der Waals surface area contributed by atoms with E-state index < -0.39 is 17.6 Å². The van der Waals surface area contributed by atoms with Crippen molar-refractivity contribution in [1.29, 1.82) is 0 Å². The lowest BCUT2D eigenvalue weighted by molar-refractivity contribution is -0.146. The van der Waals surface area contributed by atoms with Crippen molar-refractivity contribution >= 4 is 5.97 Å². The minimum absolute atomic E-state index is 0.0779. The van der Waals surface area contributed by atoms with Crippen molar-refractivity contribution in [1.82, 2.24) is 4.90 Å². The van der Waals surface area contributed by atoms with E-state index in [4.69, 9.17) is 0 Å². The van der Waals surface area contributed by atoms with Crippen LogP contribution in [0.5, 0.6) is 0 Å². The molecule has 0 saturated carbocycles. The molecule has 1 heterocycles. The number of β-amino-alcohol motifs (C(OH)–C–C–N with tert-alkyl or cyclic N) is 1. The Labute approximate surface area is 120 Å². The Morgan fingerprint density at radius 2 is 2.10 bits per heavy atom. The van der Waals surface area contributed by atoms with Crippen LogP contribution < -0.4 is 0 Å². The number of carboxylic acid groups (broad SMARTS) is 1. The predicted octanol–water partition coefficient (Wildman–Crippen LogP) is 2.08. The molecular weight excluding hydrogens is 254 g/mol. The molecule has 1 aromatic rings. The van der Waals surface area contributed by atoms with E-state index in [0.717, 1.165) is 17.5 Å². The zero-order chi connectivity index (χ0) is 14.9. The molecule has 0 aromatic heterocycles. The van der Waals surface area contributed by atoms with Gasteiger partial charge in [-0.25, -0.2) is 0 Å². The van der Waals surface area contributed by atoms with Crippen LogP contribution in [0.2, 0.25) is 0 Å². The molecule has 4 heteroatoms. The zero-order valence-electron chi connectivity index (χ0n) is 12.3. The summed E-state index contributed by atoms with van der Waals surface area (Å²) in [4.78, 5) is 13.5. The number of nitrogens with zero attached hydrogens (tertiary/aromatic N) is 1. The predicted molar refractivity (Wildman–Crippen MR) is 77.6 cm³/mol. The number of fused-ring (bicyclic) bond motifs is 1. The first-order valence-corrected chi connectivity index (χ1v) is 7.10. The molecule has 2 atom stereocenters. The molecule has 2 rings (SSSR count). The lowest BCUT2D eigenvalue weighted by atomic mass is 9.88. The highest BCUT2D eigenvalue weighted by atomic mass is 16.4. The summed E-state index contributed by atoms with van der Waals surface area (Å²) in [6.07, 6.45) is 0.828. The normalized spacial score (nSPS) is 22.4. The highest BCUT2D eigenvalue weighted by molar-refractivity contribution is 5.76. The Kier molecular flexibility index (Phi) is 4.16. The lowest BCUT2D eigenvalue weighted by Crippen LogP contribution is -2.49. The van der Waals surface area contributed by atoms with Crippen molar-refractivity contribution in [2.45, 2.75) is 38.8 Å². The van der Waals surface area contributed by atoms with Gasteiger partial charge in [0.15, 0.2) is 0 Å². The third-order valence-corrected chi connectivity index (χ3v) is 4.38. The van der Waals surface area contributed by atoms with Crippen LogP contribution >= 0.6 is 0 Å². The van der Waals surface area contributed by atoms with E-state index in [-0.39, 0.29) is 5.92 Å². The maximum absolute atomic E-state index is 11.7. The highest BCUT2D eigenvalue weighted by Gasteiger charge is 2.37. The van der Waals surface area contributed by atoms with Crippen LogP contribution in [0, 0.1) is 5.92 Å². The fourth-order valence-electron chi connectivity index (χ4n) is 2.67. The Balaban J connectivity index is 2.30. The number of hydrogen-bond acceptors (Lipinski definition) is 3. The van der Waals surface area contributed by atoms with Gasteiger partial charge in [-0.05, 0) is 30.4 Å². The molecule has 2 unspecified atom stereocenters. The van der Waals surface area contributed by atoms with Gasteiger partial charge in [0.25, 0.3) is 0 Å². The molecule has 2 N–H and O–H groups in total. The van der Waals surface area contributed by atoms with E-state index in [0.29, 0.717) is 13.1 Å². The average molecular weight is 277 g/mol. The van der Waals surface area contributed by atoms with Gasteiger partial charge < -0.3 is 10.2 Å². The minimum Gasteiger partial charge on any atom is -0.480 e. The molecule has 110 valence electrons. The molecule has 4 nitrogen and oxygen atoms in total. The highest BCUT2D eigenvalue weighted by Crippen LogP contribution is 2.32. The van der Waals surface area contributed by atoms with E-state index in [2.05, 4.69) is 0 Å². The first-order chi connectivity index (χ1) is 9.33. The molecule has 0 fully saturated rings. The Morgan fingerprint density at radius 1 is 1.45 bits per heavy atom. The van der Waals surface area contributed by atoms with Crippen LogP contribution in [-0.4, -0.2) is 39.8 Å².